The molecule has 0 fully saturated rings. The van der Waals surface area contributed by atoms with Crippen molar-refractivity contribution in [3.63, 3.8) is 0 Å². The van der Waals surface area contributed by atoms with E-state index in [1.165, 1.54) is 7.11 Å². The zero-order valence-corrected chi connectivity index (χ0v) is 16.3. The van der Waals surface area contributed by atoms with Crippen molar-refractivity contribution in [3.05, 3.63) is 53.6 Å². The lowest BCUT2D eigenvalue weighted by atomic mass is 9.92. The van der Waals surface area contributed by atoms with Gasteiger partial charge in [-0.05, 0) is 55.9 Å². The molecule has 146 valence electrons. The monoisotopic (exact) mass is 373 g/mol. The second kappa shape index (κ2) is 9.83. The second-order valence-electron chi connectivity index (χ2n) is 6.51. The summed E-state index contributed by atoms with van der Waals surface area (Å²) < 4.78 is 16.2. The number of aliphatic carboxylic acids is 1. The van der Waals surface area contributed by atoms with Crippen molar-refractivity contribution in [1.29, 1.82) is 0 Å². The van der Waals surface area contributed by atoms with E-state index in [0.717, 1.165) is 17.9 Å². The first-order valence-corrected chi connectivity index (χ1v) is 8.75. The summed E-state index contributed by atoms with van der Waals surface area (Å²) in [6.45, 7) is 1.44. The molecule has 0 aliphatic heterocycles. The predicted molar refractivity (Wildman–Crippen MR) is 104 cm³/mol. The lowest BCUT2D eigenvalue weighted by Gasteiger charge is -2.16. The van der Waals surface area contributed by atoms with Gasteiger partial charge in [0.15, 0.2) is 11.5 Å². The highest BCUT2D eigenvalue weighted by molar-refractivity contribution is 5.77. The molecule has 0 amide bonds. The molecule has 6 heteroatoms. The molecule has 1 unspecified atom stereocenters. The molecule has 2 aromatic rings. The van der Waals surface area contributed by atoms with Gasteiger partial charge in [-0.3, -0.25) is 4.79 Å². The summed E-state index contributed by atoms with van der Waals surface area (Å²) in [5.41, 5.74) is 1.60. The third-order valence-electron chi connectivity index (χ3n) is 4.28. The van der Waals surface area contributed by atoms with Crippen LogP contribution in [-0.2, 0) is 11.2 Å². The highest BCUT2D eigenvalue weighted by Crippen LogP contribution is 2.32. The second-order valence-corrected chi connectivity index (χ2v) is 6.51. The molecule has 2 rings (SSSR count). The molecule has 0 radical (unpaired) electrons. The third kappa shape index (κ3) is 5.89. The van der Waals surface area contributed by atoms with Crippen molar-refractivity contribution in [1.82, 2.24) is 4.90 Å². The fourth-order valence-electron chi connectivity index (χ4n) is 2.72. The molecule has 0 aromatic heterocycles. The van der Waals surface area contributed by atoms with Crippen LogP contribution in [0, 0.1) is 0 Å². The quantitative estimate of drug-likeness (QED) is 0.690. The van der Waals surface area contributed by atoms with Crippen LogP contribution in [0.1, 0.15) is 17.0 Å². The molecule has 0 saturated carbocycles. The van der Waals surface area contributed by atoms with Gasteiger partial charge in [-0.2, -0.15) is 0 Å². The fraction of sp³-hybridized carbons (Fsp3) is 0.381. The summed E-state index contributed by atoms with van der Waals surface area (Å²) in [7, 11) is 7.07. The third-order valence-corrected chi connectivity index (χ3v) is 4.28. The van der Waals surface area contributed by atoms with Crippen LogP contribution in [0.15, 0.2) is 42.5 Å². The van der Waals surface area contributed by atoms with Crippen molar-refractivity contribution in [3.8, 4) is 17.2 Å². The predicted octanol–water partition coefficient (Wildman–Crippen LogP) is 3.06. The molecule has 0 aliphatic carbocycles. The number of carboxylic acids is 1. The Hall–Kier alpha value is -2.73. The Morgan fingerprint density at radius 1 is 1.04 bits per heavy atom. The number of hydrogen-bond donors (Lipinski definition) is 1. The standard InChI is InChI=1S/C21H27NO5/c1-22(2)11-12-27-17-8-5-15(6-9-17)13-18(21(23)24)16-7-10-19(25-3)20(14-16)26-4/h5-10,14,18H,11-13H2,1-4H3,(H,23,24). The maximum absolute atomic E-state index is 11.8. The van der Waals surface area contributed by atoms with Crippen LogP contribution in [0.4, 0.5) is 0 Å². The summed E-state index contributed by atoms with van der Waals surface area (Å²) in [6, 6.07) is 12.8. The maximum Gasteiger partial charge on any atom is 0.311 e. The van der Waals surface area contributed by atoms with Gasteiger partial charge < -0.3 is 24.2 Å². The average Bonchev–Trinajstić information content (AvgIpc) is 2.66. The Labute approximate surface area is 160 Å². The van der Waals surface area contributed by atoms with Gasteiger partial charge >= 0.3 is 5.97 Å². The molecule has 0 heterocycles. The van der Waals surface area contributed by atoms with Gasteiger partial charge in [-0.1, -0.05) is 18.2 Å². The van der Waals surface area contributed by atoms with Crippen molar-refractivity contribution in [2.24, 2.45) is 0 Å². The lowest BCUT2D eigenvalue weighted by molar-refractivity contribution is -0.138. The summed E-state index contributed by atoms with van der Waals surface area (Å²) in [4.78, 5) is 13.9. The lowest BCUT2D eigenvalue weighted by Crippen LogP contribution is -2.19. The van der Waals surface area contributed by atoms with E-state index in [1.807, 2.05) is 38.4 Å². The van der Waals surface area contributed by atoms with Gasteiger partial charge in [-0.25, -0.2) is 0 Å². The first-order chi connectivity index (χ1) is 12.9. The van der Waals surface area contributed by atoms with Gasteiger partial charge in [0, 0.05) is 6.54 Å². The minimum absolute atomic E-state index is 0.378. The maximum atomic E-state index is 11.8. The molecule has 1 atom stereocenters. The number of ether oxygens (including phenoxy) is 3. The first-order valence-electron chi connectivity index (χ1n) is 8.75. The smallest absolute Gasteiger partial charge is 0.311 e. The Morgan fingerprint density at radius 2 is 1.70 bits per heavy atom. The summed E-state index contributed by atoms with van der Waals surface area (Å²) in [5.74, 6) is 0.313. The van der Waals surface area contributed by atoms with Gasteiger partial charge in [0.05, 0.1) is 20.1 Å². The van der Waals surface area contributed by atoms with E-state index >= 15 is 0 Å². The largest absolute Gasteiger partial charge is 0.493 e. The number of hydrogen-bond acceptors (Lipinski definition) is 5. The average molecular weight is 373 g/mol. The van der Waals surface area contributed by atoms with Crippen LogP contribution in [0.3, 0.4) is 0 Å². The number of carboxylic acid groups (broad SMARTS) is 1. The highest BCUT2D eigenvalue weighted by Gasteiger charge is 2.22. The van der Waals surface area contributed by atoms with Crippen molar-refractivity contribution >= 4 is 5.97 Å². The summed E-state index contributed by atoms with van der Waals surface area (Å²) >= 11 is 0. The van der Waals surface area contributed by atoms with Crippen LogP contribution in [0.2, 0.25) is 0 Å². The minimum Gasteiger partial charge on any atom is -0.493 e. The SMILES string of the molecule is COc1ccc(C(Cc2ccc(OCCN(C)C)cc2)C(=O)O)cc1OC. The van der Waals surface area contributed by atoms with E-state index in [-0.39, 0.29) is 0 Å². The van der Waals surface area contributed by atoms with E-state index < -0.39 is 11.9 Å². The van der Waals surface area contributed by atoms with Crippen LogP contribution < -0.4 is 14.2 Å². The topological polar surface area (TPSA) is 68.2 Å². The molecule has 27 heavy (non-hydrogen) atoms. The van der Waals surface area contributed by atoms with Crippen LogP contribution in [0.25, 0.3) is 0 Å². The molecule has 0 aliphatic rings. The zero-order chi connectivity index (χ0) is 19.8. The van der Waals surface area contributed by atoms with Crippen molar-refractivity contribution in [2.75, 3.05) is 41.5 Å². The van der Waals surface area contributed by atoms with Crippen molar-refractivity contribution < 1.29 is 24.1 Å². The number of methoxy groups -OCH3 is 2. The molecular formula is C21H27NO5. The number of nitrogens with zero attached hydrogens (tertiary/aromatic N) is 1. The Morgan fingerprint density at radius 3 is 2.26 bits per heavy atom. The molecule has 0 saturated heterocycles. The molecule has 2 aromatic carbocycles. The number of likely N-dealkylation sites (N-methyl/N-ethyl adjacent to an activating group) is 1. The zero-order valence-electron chi connectivity index (χ0n) is 16.3. The number of rotatable bonds is 10. The summed E-state index contributed by atoms with van der Waals surface area (Å²) in [5, 5.41) is 9.70. The van der Waals surface area contributed by atoms with E-state index in [2.05, 4.69) is 4.90 Å². The molecule has 1 N–H and O–H groups in total. The minimum atomic E-state index is -0.881. The number of benzene rings is 2. The normalized spacial score (nSPS) is 11.9. The van der Waals surface area contributed by atoms with Gasteiger partial charge in [0.1, 0.15) is 12.4 Å². The molecule has 6 nitrogen and oxygen atoms in total. The summed E-state index contributed by atoms with van der Waals surface area (Å²) in [6.07, 6.45) is 0.378. The van der Waals surface area contributed by atoms with Gasteiger partial charge in [0.2, 0.25) is 0 Å². The van der Waals surface area contributed by atoms with Crippen LogP contribution >= 0.6 is 0 Å². The highest BCUT2D eigenvalue weighted by atomic mass is 16.5. The van der Waals surface area contributed by atoms with Gasteiger partial charge in [0.25, 0.3) is 0 Å². The molecule has 0 bridgehead atoms. The van der Waals surface area contributed by atoms with Gasteiger partial charge in [-0.15, -0.1) is 0 Å². The number of carbonyl (C=O) groups is 1. The Kier molecular flexibility index (Phi) is 7.49. The first kappa shape index (κ1) is 20.6. The van der Waals surface area contributed by atoms with Crippen molar-refractivity contribution in [2.45, 2.75) is 12.3 Å². The Bertz CT molecular complexity index is 743. The van der Waals surface area contributed by atoms with E-state index in [4.69, 9.17) is 14.2 Å². The molecule has 0 spiro atoms. The fourth-order valence-corrected chi connectivity index (χ4v) is 2.72. The Balaban J connectivity index is 2.11. The van der Waals surface area contributed by atoms with E-state index in [1.54, 1.807) is 25.3 Å². The van der Waals surface area contributed by atoms with E-state index in [0.29, 0.717) is 30.1 Å². The van der Waals surface area contributed by atoms with Crippen LogP contribution in [-0.4, -0.2) is 57.4 Å². The van der Waals surface area contributed by atoms with E-state index in [9.17, 15) is 9.90 Å². The van der Waals surface area contributed by atoms with Crippen LogP contribution in [0.5, 0.6) is 17.2 Å². The molecular weight excluding hydrogens is 346 g/mol.